The fraction of sp³-hybridized carbons (Fsp3) is 0.200. The maximum atomic E-state index is 12.2. The molecule has 0 aliphatic heterocycles. The highest BCUT2D eigenvalue weighted by atomic mass is 35.5. The van der Waals surface area contributed by atoms with Crippen LogP contribution in [-0.2, 0) is 0 Å². The molecule has 2 rings (SSSR count). The lowest BCUT2D eigenvalue weighted by molar-refractivity contribution is 0.0773. The van der Waals surface area contributed by atoms with E-state index in [1.54, 1.807) is 30.1 Å². The average molecular weight is 325 g/mol. The molecule has 1 aromatic carbocycles. The van der Waals surface area contributed by atoms with E-state index in [-0.39, 0.29) is 5.91 Å². The van der Waals surface area contributed by atoms with Crippen LogP contribution in [0.1, 0.15) is 10.4 Å². The van der Waals surface area contributed by atoms with Gasteiger partial charge in [-0.25, -0.2) is 4.98 Å². The number of nitrogens with zero attached hydrogens (tertiary/aromatic N) is 2. The van der Waals surface area contributed by atoms with E-state index in [0.717, 1.165) is 0 Å². The molecule has 0 saturated carbocycles. The molecular formula is C15H14Cl2N2O2. The third-order valence-electron chi connectivity index (χ3n) is 2.84. The maximum Gasteiger partial charge on any atom is 0.253 e. The molecular weight excluding hydrogens is 311 g/mol. The number of hydrogen-bond acceptors (Lipinski definition) is 3. The van der Waals surface area contributed by atoms with Crippen molar-refractivity contribution in [1.82, 2.24) is 9.88 Å². The van der Waals surface area contributed by atoms with Gasteiger partial charge in [0.1, 0.15) is 17.5 Å². The Balaban J connectivity index is 1.89. The van der Waals surface area contributed by atoms with Gasteiger partial charge in [-0.2, -0.15) is 0 Å². The summed E-state index contributed by atoms with van der Waals surface area (Å²) in [7, 11) is 1.70. The number of carbonyl (C=O) groups is 1. The number of aromatic nitrogens is 1. The molecule has 4 nitrogen and oxygen atoms in total. The summed E-state index contributed by atoms with van der Waals surface area (Å²) in [6.07, 6.45) is 1.50. The van der Waals surface area contributed by atoms with Crippen LogP contribution in [0.15, 0.2) is 42.6 Å². The molecule has 6 heteroatoms. The Morgan fingerprint density at radius 3 is 2.76 bits per heavy atom. The highest BCUT2D eigenvalue weighted by Gasteiger charge is 2.12. The highest BCUT2D eigenvalue weighted by Crippen LogP contribution is 2.22. The number of carbonyl (C=O) groups excluding carboxylic acids is 1. The Morgan fingerprint density at radius 2 is 2.05 bits per heavy atom. The summed E-state index contributed by atoms with van der Waals surface area (Å²) in [5.74, 6) is 0.467. The molecule has 110 valence electrons. The number of likely N-dealkylation sites (N-methyl/N-ethyl adjacent to an activating group) is 1. The molecule has 0 saturated heterocycles. The van der Waals surface area contributed by atoms with Crippen molar-refractivity contribution in [2.45, 2.75) is 0 Å². The Kier molecular flexibility index (Phi) is 5.42. The smallest absolute Gasteiger partial charge is 0.253 e. The summed E-state index contributed by atoms with van der Waals surface area (Å²) < 4.78 is 5.55. The van der Waals surface area contributed by atoms with Crippen molar-refractivity contribution >= 4 is 29.1 Å². The molecule has 0 radical (unpaired) electrons. The largest absolute Gasteiger partial charge is 0.490 e. The molecule has 21 heavy (non-hydrogen) atoms. The van der Waals surface area contributed by atoms with E-state index >= 15 is 0 Å². The van der Waals surface area contributed by atoms with E-state index in [4.69, 9.17) is 27.9 Å². The van der Waals surface area contributed by atoms with Crippen LogP contribution < -0.4 is 4.74 Å². The fourth-order valence-electron chi connectivity index (χ4n) is 1.71. The fourth-order valence-corrected chi connectivity index (χ4v) is 2.08. The number of para-hydroxylation sites is 1. The molecule has 0 atom stereocenters. The van der Waals surface area contributed by atoms with Crippen LogP contribution in [0.5, 0.6) is 5.75 Å². The third kappa shape index (κ3) is 4.34. The van der Waals surface area contributed by atoms with Crippen LogP contribution in [-0.4, -0.2) is 36.0 Å². The minimum atomic E-state index is -0.137. The van der Waals surface area contributed by atoms with Crippen molar-refractivity contribution in [3.05, 3.63) is 58.3 Å². The van der Waals surface area contributed by atoms with Crippen molar-refractivity contribution in [3.63, 3.8) is 0 Å². The van der Waals surface area contributed by atoms with Crippen molar-refractivity contribution in [1.29, 1.82) is 0 Å². The lowest BCUT2D eigenvalue weighted by atomic mass is 10.2. The van der Waals surface area contributed by atoms with Gasteiger partial charge in [-0.3, -0.25) is 4.79 Å². The summed E-state index contributed by atoms with van der Waals surface area (Å²) in [6.45, 7) is 0.786. The minimum absolute atomic E-state index is 0.137. The van der Waals surface area contributed by atoms with Gasteiger partial charge in [-0.1, -0.05) is 35.3 Å². The average Bonchev–Trinajstić information content (AvgIpc) is 2.48. The van der Waals surface area contributed by atoms with E-state index in [9.17, 15) is 4.79 Å². The number of rotatable bonds is 5. The number of amides is 1. The minimum Gasteiger partial charge on any atom is -0.490 e. The molecule has 1 amide bonds. The zero-order valence-corrected chi connectivity index (χ0v) is 12.9. The molecule has 0 unspecified atom stereocenters. The topological polar surface area (TPSA) is 42.4 Å². The molecule has 0 fully saturated rings. The van der Waals surface area contributed by atoms with Crippen molar-refractivity contribution in [2.75, 3.05) is 20.2 Å². The first kappa shape index (κ1) is 15.6. The Hall–Kier alpha value is -1.78. The van der Waals surface area contributed by atoms with E-state index in [1.807, 2.05) is 12.1 Å². The number of hydrogen-bond donors (Lipinski definition) is 0. The van der Waals surface area contributed by atoms with Crippen LogP contribution in [0, 0.1) is 0 Å². The Labute approximate surface area is 133 Å². The van der Waals surface area contributed by atoms with Gasteiger partial charge in [0.15, 0.2) is 0 Å². The molecule has 2 aromatic rings. The molecule has 0 aliphatic rings. The van der Waals surface area contributed by atoms with Crippen LogP contribution >= 0.6 is 23.2 Å². The number of ether oxygens (including phenoxy) is 1. The molecule has 0 spiro atoms. The van der Waals surface area contributed by atoms with Crippen molar-refractivity contribution in [3.8, 4) is 5.75 Å². The predicted molar refractivity (Wildman–Crippen MR) is 83.2 cm³/mol. The monoisotopic (exact) mass is 324 g/mol. The summed E-state index contributed by atoms with van der Waals surface area (Å²) in [5, 5.41) is 0.842. The quantitative estimate of drug-likeness (QED) is 0.790. The molecule has 0 N–H and O–H groups in total. The van der Waals surface area contributed by atoms with Gasteiger partial charge in [0.25, 0.3) is 5.91 Å². The van der Waals surface area contributed by atoms with Crippen LogP contribution in [0.2, 0.25) is 10.2 Å². The molecule has 1 heterocycles. The normalized spacial score (nSPS) is 10.2. The second-order valence-corrected chi connectivity index (χ2v) is 5.17. The lowest BCUT2D eigenvalue weighted by Gasteiger charge is -2.17. The Bertz CT molecular complexity index is 635. The van der Waals surface area contributed by atoms with Crippen LogP contribution in [0.4, 0.5) is 0 Å². The Morgan fingerprint density at radius 1 is 1.29 bits per heavy atom. The van der Waals surface area contributed by atoms with Gasteiger partial charge >= 0.3 is 0 Å². The van der Waals surface area contributed by atoms with Gasteiger partial charge in [0.05, 0.1) is 11.6 Å². The number of pyridine rings is 1. The molecule has 0 bridgehead atoms. The van der Waals surface area contributed by atoms with Gasteiger partial charge in [0.2, 0.25) is 0 Å². The highest BCUT2D eigenvalue weighted by molar-refractivity contribution is 6.32. The van der Waals surface area contributed by atoms with E-state index in [2.05, 4.69) is 4.98 Å². The standard InChI is InChI=1S/C15H14Cl2N2O2/c1-19(15(20)11-6-7-18-14(17)10-11)8-9-21-13-5-3-2-4-12(13)16/h2-7,10H,8-9H2,1H3. The summed E-state index contributed by atoms with van der Waals surface area (Å²) >= 11 is 11.8. The second-order valence-electron chi connectivity index (χ2n) is 4.37. The maximum absolute atomic E-state index is 12.2. The second kappa shape index (κ2) is 7.29. The van der Waals surface area contributed by atoms with Crippen molar-refractivity contribution < 1.29 is 9.53 Å². The first-order valence-electron chi connectivity index (χ1n) is 6.32. The first-order valence-corrected chi connectivity index (χ1v) is 7.08. The summed E-state index contributed by atoms with van der Waals surface area (Å²) in [4.78, 5) is 17.6. The van der Waals surface area contributed by atoms with Gasteiger partial charge in [-0.15, -0.1) is 0 Å². The van der Waals surface area contributed by atoms with E-state index < -0.39 is 0 Å². The molecule has 1 aromatic heterocycles. The summed E-state index contributed by atoms with van der Waals surface area (Å²) in [5.41, 5.74) is 0.496. The zero-order chi connectivity index (χ0) is 15.2. The van der Waals surface area contributed by atoms with Gasteiger partial charge < -0.3 is 9.64 Å². The van der Waals surface area contributed by atoms with Gasteiger partial charge in [0, 0.05) is 18.8 Å². The summed E-state index contributed by atoms with van der Waals surface area (Å²) in [6, 6.07) is 10.4. The predicted octanol–water partition coefficient (Wildman–Crippen LogP) is 3.54. The van der Waals surface area contributed by atoms with Crippen LogP contribution in [0.3, 0.4) is 0 Å². The third-order valence-corrected chi connectivity index (χ3v) is 3.36. The lowest BCUT2D eigenvalue weighted by Crippen LogP contribution is -2.30. The zero-order valence-electron chi connectivity index (χ0n) is 11.4. The number of benzene rings is 1. The van der Waals surface area contributed by atoms with Crippen LogP contribution in [0.25, 0.3) is 0 Å². The van der Waals surface area contributed by atoms with Crippen molar-refractivity contribution in [2.24, 2.45) is 0 Å². The SMILES string of the molecule is CN(CCOc1ccccc1Cl)C(=O)c1ccnc(Cl)c1. The van der Waals surface area contributed by atoms with E-state index in [1.165, 1.54) is 12.3 Å². The molecule has 0 aliphatic carbocycles. The number of halogens is 2. The van der Waals surface area contributed by atoms with Gasteiger partial charge in [-0.05, 0) is 24.3 Å². The first-order chi connectivity index (χ1) is 10.1. The van der Waals surface area contributed by atoms with E-state index in [0.29, 0.717) is 34.6 Å².